The van der Waals surface area contributed by atoms with Gasteiger partial charge in [-0.1, -0.05) is 77.9 Å². The Balaban J connectivity index is 1.92. The van der Waals surface area contributed by atoms with Crippen LogP contribution in [0.5, 0.6) is 0 Å². The van der Waals surface area contributed by atoms with E-state index >= 15 is 0 Å². The van der Waals surface area contributed by atoms with Crippen LogP contribution in [0, 0.1) is 13.8 Å². The molecule has 1 aliphatic rings. The molecule has 2 heterocycles. The van der Waals surface area contributed by atoms with Crippen molar-refractivity contribution in [1.29, 1.82) is 0 Å². The van der Waals surface area contributed by atoms with Gasteiger partial charge in [-0.3, -0.25) is 9.36 Å². The Kier molecular flexibility index (Phi) is 6.88. The Bertz CT molecular complexity index is 1900. The van der Waals surface area contributed by atoms with E-state index in [4.69, 9.17) is 10.5 Å². The van der Waals surface area contributed by atoms with Gasteiger partial charge in [0.2, 0.25) is 9.84 Å². The second-order valence-corrected chi connectivity index (χ2v) is 12.2. The van der Waals surface area contributed by atoms with Crippen molar-refractivity contribution in [3.8, 4) is 0 Å². The molecule has 198 valence electrons. The summed E-state index contributed by atoms with van der Waals surface area (Å²) in [6, 6.07) is 22.6. The highest BCUT2D eigenvalue weighted by atomic mass is 32.2. The molecule has 0 fully saturated rings. The number of carbonyl (C=O) groups is 1. The molecule has 0 saturated heterocycles. The summed E-state index contributed by atoms with van der Waals surface area (Å²) in [4.78, 5) is 26.9. The zero-order valence-electron chi connectivity index (χ0n) is 21.5. The van der Waals surface area contributed by atoms with Gasteiger partial charge in [0, 0.05) is 0 Å². The molecule has 39 heavy (non-hydrogen) atoms. The highest BCUT2D eigenvalue weighted by molar-refractivity contribution is 7.95. The number of benzene rings is 3. The molecule has 3 aromatic carbocycles. The number of ether oxygens (including phenoxy) is 1. The van der Waals surface area contributed by atoms with Crippen LogP contribution in [0.4, 0.5) is 0 Å². The lowest BCUT2D eigenvalue weighted by atomic mass is 9.89. The number of hydrogen-bond donors (Lipinski definition) is 1. The zero-order chi connectivity index (χ0) is 27.9. The van der Waals surface area contributed by atoms with Gasteiger partial charge < -0.3 is 10.5 Å². The Labute approximate surface area is 229 Å². The van der Waals surface area contributed by atoms with Crippen LogP contribution in [0.1, 0.15) is 28.2 Å². The molecule has 0 radical (unpaired) electrons. The lowest BCUT2D eigenvalue weighted by molar-refractivity contribution is -0.134. The standard InChI is InChI=1S/C30H26N2O5S2/c1-18-9-13-20(14-10-18)17-23-28(33)32-27(31)26(39(35,36)22-7-5-4-6-8-22)24(21-15-11-19(2)12-16-21)25(29(32)38-23)30(34)37-3/h4-17,24H,31H2,1-3H3/b23-17+/t24-/m0/s1. The second-order valence-electron chi connectivity index (χ2n) is 9.28. The topological polar surface area (TPSA) is 108 Å². The monoisotopic (exact) mass is 558 g/mol. The number of nitrogens with zero attached hydrogens (tertiary/aromatic N) is 1. The molecule has 0 unspecified atom stereocenters. The van der Waals surface area contributed by atoms with E-state index < -0.39 is 27.3 Å². The van der Waals surface area contributed by atoms with Gasteiger partial charge in [-0.25, -0.2) is 13.2 Å². The van der Waals surface area contributed by atoms with E-state index in [0.29, 0.717) is 10.1 Å². The number of thiazole rings is 1. The minimum absolute atomic E-state index is 0.00227. The Morgan fingerprint density at radius 1 is 0.949 bits per heavy atom. The van der Waals surface area contributed by atoms with Crippen molar-refractivity contribution in [2.75, 3.05) is 7.11 Å². The number of sulfone groups is 1. The summed E-state index contributed by atoms with van der Waals surface area (Å²) >= 11 is 1.07. The molecule has 0 amide bonds. The third-order valence-electron chi connectivity index (χ3n) is 6.63. The fourth-order valence-corrected chi connectivity index (χ4v) is 7.49. The van der Waals surface area contributed by atoms with Crippen molar-refractivity contribution < 1.29 is 17.9 Å². The Morgan fingerprint density at radius 3 is 2.13 bits per heavy atom. The SMILES string of the molecule is COC(=O)C1=c2s/c(=C/c3ccc(C)cc3)c(=O)n2C(N)=C(S(=O)(=O)c2ccccc2)[C@H]1c1ccc(C)cc1. The van der Waals surface area contributed by atoms with Gasteiger partial charge in [-0.2, -0.15) is 0 Å². The van der Waals surface area contributed by atoms with Gasteiger partial charge in [0.1, 0.15) is 15.4 Å². The van der Waals surface area contributed by atoms with Crippen LogP contribution in [0.2, 0.25) is 0 Å². The van der Waals surface area contributed by atoms with Gasteiger partial charge in [-0.15, -0.1) is 11.3 Å². The Hall–Kier alpha value is -4.21. The van der Waals surface area contributed by atoms with E-state index in [2.05, 4.69) is 0 Å². The fourth-order valence-electron chi connectivity index (χ4n) is 4.62. The van der Waals surface area contributed by atoms with Gasteiger partial charge in [0.25, 0.3) is 5.56 Å². The van der Waals surface area contributed by atoms with Crippen molar-refractivity contribution in [2.45, 2.75) is 24.7 Å². The highest BCUT2D eigenvalue weighted by Crippen LogP contribution is 2.42. The summed E-state index contributed by atoms with van der Waals surface area (Å²) in [6.07, 6.45) is 1.70. The first-order chi connectivity index (χ1) is 18.6. The normalized spacial score (nSPS) is 15.8. The smallest absolute Gasteiger partial charge is 0.337 e. The third-order valence-corrected chi connectivity index (χ3v) is 9.66. The minimum Gasteiger partial charge on any atom is -0.466 e. The summed E-state index contributed by atoms with van der Waals surface area (Å²) in [5, 5.41) is 0. The van der Waals surface area contributed by atoms with E-state index in [1.54, 1.807) is 36.4 Å². The molecular weight excluding hydrogens is 532 g/mol. The predicted octanol–water partition coefficient (Wildman–Crippen LogP) is 3.04. The predicted molar refractivity (Wildman–Crippen MR) is 153 cm³/mol. The molecule has 0 aliphatic carbocycles. The average molecular weight is 559 g/mol. The minimum atomic E-state index is -4.25. The molecule has 1 aromatic heterocycles. The number of allylic oxidation sites excluding steroid dienone is 1. The summed E-state index contributed by atoms with van der Waals surface area (Å²) in [5.74, 6) is -2.07. The molecule has 0 spiro atoms. The van der Waals surface area contributed by atoms with Crippen LogP contribution in [0.3, 0.4) is 0 Å². The van der Waals surface area contributed by atoms with Crippen molar-refractivity contribution in [1.82, 2.24) is 4.57 Å². The number of nitrogens with two attached hydrogens (primary N) is 1. The first kappa shape index (κ1) is 26.4. The van der Waals surface area contributed by atoms with Crippen LogP contribution >= 0.6 is 11.3 Å². The molecule has 5 rings (SSSR count). The number of fused-ring (bicyclic) bond motifs is 1. The number of rotatable bonds is 5. The molecule has 4 aromatic rings. The first-order valence-electron chi connectivity index (χ1n) is 12.1. The number of methoxy groups -OCH3 is 1. The number of esters is 1. The molecule has 1 aliphatic heterocycles. The molecule has 9 heteroatoms. The van der Waals surface area contributed by atoms with E-state index in [9.17, 15) is 18.0 Å². The quantitative estimate of drug-likeness (QED) is 0.377. The molecular formula is C30H26N2O5S2. The maximum Gasteiger partial charge on any atom is 0.337 e. The summed E-state index contributed by atoms with van der Waals surface area (Å²) in [6.45, 7) is 3.87. The van der Waals surface area contributed by atoms with Crippen molar-refractivity contribution >= 4 is 44.6 Å². The van der Waals surface area contributed by atoms with Gasteiger partial charge >= 0.3 is 5.97 Å². The summed E-state index contributed by atoms with van der Waals surface area (Å²) < 4.78 is 35.1. The van der Waals surface area contributed by atoms with Crippen molar-refractivity contribution in [3.63, 3.8) is 0 Å². The molecule has 2 N–H and O–H groups in total. The van der Waals surface area contributed by atoms with Crippen LogP contribution in [-0.2, 0) is 19.4 Å². The van der Waals surface area contributed by atoms with E-state index in [1.807, 2.05) is 50.2 Å². The van der Waals surface area contributed by atoms with E-state index in [0.717, 1.165) is 32.6 Å². The van der Waals surface area contributed by atoms with Crippen LogP contribution < -0.4 is 20.5 Å². The summed E-state index contributed by atoms with van der Waals surface area (Å²) in [5.41, 5.74) is 9.46. The van der Waals surface area contributed by atoms with Crippen LogP contribution in [0.25, 0.3) is 17.5 Å². The molecule has 1 atom stereocenters. The van der Waals surface area contributed by atoms with Gasteiger partial charge in [0.15, 0.2) is 0 Å². The average Bonchev–Trinajstić information content (AvgIpc) is 3.25. The molecule has 0 saturated carbocycles. The summed E-state index contributed by atoms with van der Waals surface area (Å²) in [7, 11) is -3.02. The lowest BCUT2D eigenvalue weighted by Crippen LogP contribution is -2.41. The first-order valence-corrected chi connectivity index (χ1v) is 14.4. The maximum absolute atomic E-state index is 14.1. The third kappa shape index (κ3) is 4.64. The van der Waals surface area contributed by atoms with Gasteiger partial charge in [-0.05, 0) is 43.2 Å². The Morgan fingerprint density at radius 2 is 1.54 bits per heavy atom. The largest absolute Gasteiger partial charge is 0.466 e. The number of hydrogen-bond acceptors (Lipinski definition) is 7. The van der Waals surface area contributed by atoms with Crippen molar-refractivity contribution in [3.05, 3.63) is 126 Å². The van der Waals surface area contributed by atoms with Crippen LogP contribution in [-0.4, -0.2) is 26.1 Å². The van der Waals surface area contributed by atoms with E-state index in [-0.39, 0.29) is 25.9 Å². The zero-order valence-corrected chi connectivity index (χ0v) is 23.2. The number of aromatic nitrogens is 1. The van der Waals surface area contributed by atoms with E-state index in [1.165, 1.54) is 19.2 Å². The fraction of sp³-hybridized carbons (Fsp3) is 0.133. The van der Waals surface area contributed by atoms with Crippen LogP contribution in [0.15, 0.2) is 93.5 Å². The number of aryl methyl sites for hydroxylation is 2. The second kappa shape index (κ2) is 10.2. The molecule has 0 bridgehead atoms. The van der Waals surface area contributed by atoms with Gasteiger partial charge in [0.05, 0.1) is 28.0 Å². The lowest BCUT2D eigenvalue weighted by Gasteiger charge is -2.28. The van der Waals surface area contributed by atoms with Crippen molar-refractivity contribution in [2.24, 2.45) is 5.73 Å². The highest BCUT2D eigenvalue weighted by Gasteiger charge is 2.42. The maximum atomic E-state index is 14.1. The molecule has 7 nitrogen and oxygen atoms in total. The number of carbonyl (C=O) groups excluding carboxylic acids is 1.